The maximum Gasteiger partial charge on any atom is 0.233 e. The Morgan fingerprint density at radius 2 is 1.67 bits per heavy atom. The van der Waals surface area contributed by atoms with E-state index in [1.54, 1.807) is 12.4 Å². The Balaban J connectivity index is 2.43. The Kier molecular flexibility index (Phi) is 1.91. The van der Waals surface area contributed by atoms with E-state index in [9.17, 15) is 0 Å². The Bertz CT molecular complexity index is 352. The standard InChI is InChI=1S/C8H6BrN3/c9-7-5-10-8(11-6-7)12-3-1-2-4-12/h1-6H. The zero-order chi connectivity index (χ0) is 8.39. The van der Waals surface area contributed by atoms with Crippen molar-refractivity contribution in [1.29, 1.82) is 0 Å². The van der Waals surface area contributed by atoms with E-state index in [0.717, 1.165) is 4.47 Å². The highest BCUT2D eigenvalue weighted by atomic mass is 79.9. The molecule has 0 amide bonds. The van der Waals surface area contributed by atoms with Crippen LogP contribution >= 0.6 is 15.9 Å². The molecular formula is C8H6BrN3. The molecule has 2 aromatic rings. The molecule has 0 aliphatic carbocycles. The number of hydrogen-bond donors (Lipinski definition) is 0. The van der Waals surface area contributed by atoms with Crippen molar-refractivity contribution in [2.75, 3.05) is 0 Å². The van der Waals surface area contributed by atoms with Gasteiger partial charge in [-0.3, -0.25) is 4.57 Å². The molecule has 0 radical (unpaired) electrons. The van der Waals surface area contributed by atoms with Gasteiger partial charge >= 0.3 is 0 Å². The van der Waals surface area contributed by atoms with Crippen LogP contribution in [0.4, 0.5) is 0 Å². The number of hydrogen-bond acceptors (Lipinski definition) is 2. The van der Waals surface area contributed by atoms with Gasteiger partial charge in [-0.2, -0.15) is 0 Å². The lowest BCUT2D eigenvalue weighted by Gasteiger charge is -1.98. The summed E-state index contributed by atoms with van der Waals surface area (Å²) in [6, 6.07) is 3.87. The van der Waals surface area contributed by atoms with E-state index in [2.05, 4.69) is 25.9 Å². The van der Waals surface area contributed by atoms with Crippen LogP contribution in [0.2, 0.25) is 0 Å². The minimum atomic E-state index is 0.684. The Morgan fingerprint density at radius 1 is 1.08 bits per heavy atom. The van der Waals surface area contributed by atoms with E-state index < -0.39 is 0 Å². The molecule has 3 nitrogen and oxygen atoms in total. The van der Waals surface area contributed by atoms with E-state index >= 15 is 0 Å². The van der Waals surface area contributed by atoms with E-state index in [-0.39, 0.29) is 0 Å². The second kappa shape index (κ2) is 3.06. The molecule has 4 heteroatoms. The molecule has 0 aliphatic rings. The molecule has 0 N–H and O–H groups in total. The van der Waals surface area contributed by atoms with Crippen molar-refractivity contribution in [2.24, 2.45) is 0 Å². The molecule has 60 valence electrons. The second-order valence-corrected chi connectivity index (χ2v) is 3.21. The summed E-state index contributed by atoms with van der Waals surface area (Å²) in [6.45, 7) is 0. The highest BCUT2D eigenvalue weighted by molar-refractivity contribution is 9.10. The molecule has 0 bridgehead atoms. The van der Waals surface area contributed by atoms with Gasteiger partial charge in [-0.15, -0.1) is 0 Å². The van der Waals surface area contributed by atoms with Crippen molar-refractivity contribution in [3.63, 3.8) is 0 Å². The normalized spacial score (nSPS) is 10.1. The molecule has 2 rings (SSSR count). The molecule has 2 aromatic heterocycles. The first-order chi connectivity index (χ1) is 5.86. The first kappa shape index (κ1) is 7.49. The van der Waals surface area contributed by atoms with Crippen LogP contribution in [0.5, 0.6) is 0 Å². The van der Waals surface area contributed by atoms with Crippen molar-refractivity contribution >= 4 is 15.9 Å². The number of rotatable bonds is 1. The monoisotopic (exact) mass is 223 g/mol. The van der Waals surface area contributed by atoms with Crippen LogP contribution in [0.1, 0.15) is 0 Å². The Labute approximate surface area is 78.2 Å². The summed E-state index contributed by atoms with van der Waals surface area (Å²) < 4.78 is 2.74. The zero-order valence-electron chi connectivity index (χ0n) is 6.18. The van der Waals surface area contributed by atoms with Crippen molar-refractivity contribution in [2.45, 2.75) is 0 Å². The van der Waals surface area contributed by atoms with Gasteiger partial charge in [0.25, 0.3) is 0 Å². The van der Waals surface area contributed by atoms with Gasteiger partial charge in [0.2, 0.25) is 5.95 Å². The van der Waals surface area contributed by atoms with Crippen LogP contribution in [0.3, 0.4) is 0 Å². The molecule has 12 heavy (non-hydrogen) atoms. The topological polar surface area (TPSA) is 30.7 Å². The summed E-state index contributed by atoms with van der Waals surface area (Å²) >= 11 is 3.27. The highest BCUT2D eigenvalue weighted by Crippen LogP contribution is 2.06. The van der Waals surface area contributed by atoms with E-state index in [1.807, 2.05) is 29.1 Å². The lowest BCUT2D eigenvalue weighted by Crippen LogP contribution is -1.96. The molecule has 0 atom stereocenters. The van der Waals surface area contributed by atoms with Gasteiger partial charge in [0.05, 0.1) is 4.47 Å². The first-order valence-electron chi connectivity index (χ1n) is 3.47. The quantitative estimate of drug-likeness (QED) is 0.741. The highest BCUT2D eigenvalue weighted by Gasteiger charge is 1.95. The third kappa shape index (κ3) is 1.38. The molecule has 0 unspecified atom stereocenters. The van der Waals surface area contributed by atoms with Gasteiger partial charge in [-0.25, -0.2) is 9.97 Å². The predicted octanol–water partition coefficient (Wildman–Crippen LogP) is 2.03. The summed E-state index contributed by atoms with van der Waals surface area (Å²) in [7, 11) is 0. The molecule has 0 saturated heterocycles. The van der Waals surface area contributed by atoms with Crippen LogP contribution < -0.4 is 0 Å². The predicted molar refractivity (Wildman–Crippen MR) is 49.1 cm³/mol. The Morgan fingerprint density at radius 3 is 2.25 bits per heavy atom. The van der Waals surface area contributed by atoms with Crippen LogP contribution in [0, 0.1) is 0 Å². The van der Waals surface area contributed by atoms with E-state index in [4.69, 9.17) is 0 Å². The average Bonchev–Trinajstić information content (AvgIpc) is 2.58. The summed E-state index contributed by atoms with van der Waals surface area (Å²) in [5, 5.41) is 0. The smallest absolute Gasteiger partial charge is 0.233 e. The summed E-state index contributed by atoms with van der Waals surface area (Å²) in [5.41, 5.74) is 0. The molecule has 0 spiro atoms. The molecular weight excluding hydrogens is 218 g/mol. The van der Waals surface area contributed by atoms with Gasteiger partial charge in [-0.05, 0) is 28.1 Å². The van der Waals surface area contributed by atoms with Crippen molar-refractivity contribution in [3.05, 3.63) is 41.4 Å². The molecule has 0 aliphatic heterocycles. The van der Waals surface area contributed by atoms with Gasteiger partial charge in [0.15, 0.2) is 0 Å². The zero-order valence-corrected chi connectivity index (χ0v) is 7.77. The molecule has 0 fully saturated rings. The van der Waals surface area contributed by atoms with Crippen molar-refractivity contribution < 1.29 is 0 Å². The Hall–Kier alpha value is -1.16. The lowest BCUT2D eigenvalue weighted by molar-refractivity contribution is 0.931. The van der Waals surface area contributed by atoms with Crippen LogP contribution in [-0.2, 0) is 0 Å². The summed E-state index contributed by atoms with van der Waals surface area (Å²) in [4.78, 5) is 8.25. The van der Waals surface area contributed by atoms with Crippen LogP contribution in [0.15, 0.2) is 41.4 Å². The van der Waals surface area contributed by atoms with Crippen molar-refractivity contribution in [3.8, 4) is 5.95 Å². The molecule has 0 saturated carbocycles. The molecule has 2 heterocycles. The fourth-order valence-corrected chi connectivity index (χ4v) is 1.11. The fraction of sp³-hybridized carbons (Fsp3) is 0. The van der Waals surface area contributed by atoms with E-state index in [1.165, 1.54) is 0 Å². The maximum absolute atomic E-state index is 4.13. The van der Waals surface area contributed by atoms with Crippen molar-refractivity contribution in [1.82, 2.24) is 14.5 Å². The molecule has 0 aromatic carbocycles. The van der Waals surface area contributed by atoms with Crippen LogP contribution in [-0.4, -0.2) is 14.5 Å². The van der Waals surface area contributed by atoms with Gasteiger partial charge in [0.1, 0.15) is 0 Å². The third-order valence-electron chi connectivity index (χ3n) is 1.44. The number of halogens is 1. The third-order valence-corrected chi connectivity index (χ3v) is 1.85. The van der Waals surface area contributed by atoms with E-state index in [0.29, 0.717) is 5.95 Å². The summed E-state index contributed by atoms with van der Waals surface area (Å²) in [6.07, 6.45) is 7.26. The number of nitrogens with zero attached hydrogens (tertiary/aromatic N) is 3. The van der Waals surface area contributed by atoms with Gasteiger partial charge in [-0.1, -0.05) is 0 Å². The minimum absolute atomic E-state index is 0.684. The van der Waals surface area contributed by atoms with Gasteiger partial charge < -0.3 is 0 Å². The maximum atomic E-state index is 4.13. The number of aromatic nitrogens is 3. The second-order valence-electron chi connectivity index (χ2n) is 2.29. The average molecular weight is 224 g/mol. The van der Waals surface area contributed by atoms with Crippen LogP contribution in [0.25, 0.3) is 5.95 Å². The fourth-order valence-electron chi connectivity index (χ4n) is 0.907. The SMILES string of the molecule is Brc1cnc(-n2cccc2)nc1. The lowest BCUT2D eigenvalue weighted by atomic mass is 10.7. The summed E-state index contributed by atoms with van der Waals surface area (Å²) in [5.74, 6) is 0.684. The largest absolute Gasteiger partial charge is 0.293 e. The van der Waals surface area contributed by atoms with Gasteiger partial charge in [0, 0.05) is 24.8 Å². The minimum Gasteiger partial charge on any atom is -0.293 e. The first-order valence-corrected chi connectivity index (χ1v) is 4.26.